The van der Waals surface area contributed by atoms with Crippen LogP contribution in [0.5, 0.6) is 11.5 Å². The number of nitrogens with zero attached hydrogens (tertiary/aromatic N) is 3. The summed E-state index contributed by atoms with van der Waals surface area (Å²) in [4.78, 5) is 18.0. The van der Waals surface area contributed by atoms with Gasteiger partial charge in [0.2, 0.25) is 11.9 Å². The molecule has 5 rings (SSSR count). The number of hydrogen-bond acceptors (Lipinski definition) is 7. The minimum absolute atomic E-state index is 0.00998. The summed E-state index contributed by atoms with van der Waals surface area (Å²) in [6.07, 6.45) is 1.07. The highest BCUT2D eigenvalue weighted by Gasteiger charge is 2.39. The molecule has 2 aromatic carbocycles. The summed E-state index contributed by atoms with van der Waals surface area (Å²) < 4.78 is 12.6. The molecule has 8 nitrogen and oxygen atoms in total. The van der Waals surface area contributed by atoms with Gasteiger partial charge in [-0.25, -0.2) is 4.68 Å². The summed E-state index contributed by atoms with van der Waals surface area (Å²) >= 11 is 0. The molecule has 2 aliphatic rings. The second kappa shape index (κ2) is 7.95. The Hall–Kier alpha value is -3.81. The van der Waals surface area contributed by atoms with Crippen molar-refractivity contribution in [2.24, 2.45) is 0 Å². The Balaban J connectivity index is 1.58. The Morgan fingerprint density at radius 1 is 1.00 bits per heavy atom. The molecule has 0 saturated heterocycles. The summed E-state index contributed by atoms with van der Waals surface area (Å²) in [6, 6.07) is 11.7. The number of carbonyl (C=O) groups excluding carboxylic acids is 1. The smallest absolute Gasteiger partial charge is 0.241 e. The van der Waals surface area contributed by atoms with E-state index in [9.17, 15) is 4.79 Å². The minimum atomic E-state index is -0.362. The monoisotopic (exact) mass is 445 g/mol. The minimum Gasteiger partial charge on any atom is -0.493 e. The van der Waals surface area contributed by atoms with E-state index in [0.29, 0.717) is 30.3 Å². The molecule has 0 unspecified atom stereocenters. The molecule has 0 saturated carbocycles. The number of fused-ring (bicyclic) bond motifs is 1. The number of carbonyl (C=O) groups is 1. The second-order valence-electron chi connectivity index (χ2n) is 8.64. The molecule has 2 atom stereocenters. The third-order valence-electron chi connectivity index (χ3n) is 6.66. The Morgan fingerprint density at radius 3 is 2.48 bits per heavy atom. The number of nitrogen functional groups attached to an aromatic ring is 1. The Bertz CT molecular complexity index is 1290. The first-order valence-corrected chi connectivity index (χ1v) is 10.9. The highest BCUT2D eigenvalue weighted by Crippen LogP contribution is 2.45. The van der Waals surface area contributed by atoms with Gasteiger partial charge in [-0.05, 0) is 60.6 Å². The van der Waals surface area contributed by atoms with Crippen molar-refractivity contribution in [3.63, 3.8) is 0 Å². The van der Waals surface area contributed by atoms with Gasteiger partial charge in [-0.1, -0.05) is 24.3 Å². The van der Waals surface area contributed by atoms with E-state index >= 15 is 0 Å². The van der Waals surface area contributed by atoms with Crippen LogP contribution in [0.15, 0.2) is 47.7 Å². The predicted octanol–water partition coefficient (Wildman–Crippen LogP) is 3.91. The lowest BCUT2D eigenvalue weighted by molar-refractivity contribution is -0.116. The van der Waals surface area contributed by atoms with E-state index in [1.165, 1.54) is 5.56 Å². The highest BCUT2D eigenvalue weighted by atomic mass is 16.5. The van der Waals surface area contributed by atoms with Crippen LogP contribution in [-0.4, -0.2) is 34.8 Å². The van der Waals surface area contributed by atoms with Gasteiger partial charge in [-0.2, -0.15) is 4.98 Å². The number of aryl methyl sites for hydroxylation is 2. The van der Waals surface area contributed by atoms with Gasteiger partial charge in [0, 0.05) is 17.7 Å². The van der Waals surface area contributed by atoms with Crippen molar-refractivity contribution in [1.29, 1.82) is 0 Å². The van der Waals surface area contributed by atoms with Crippen molar-refractivity contribution in [3.05, 3.63) is 69.9 Å². The van der Waals surface area contributed by atoms with Crippen LogP contribution in [-0.2, 0) is 4.79 Å². The number of methoxy groups -OCH3 is 2. The van der Waals surface area contributed by atoms with Gasteiger partial charge < -0.3 is 20.5 Å². The molecular weight excluding hydrogens is 418 g/mol. The maximum absolute atomic E-state index is 13.6. The molecular formula is C25H27N5O3. The molecule has 8 heteroatoms. The molecule has 3 aromatic rings. The molecule has 0 amide bonds. The number of anilines is 2. The largest absolute Gasteiger partial charge is 0.493 e. The van der Waals surface area contributed by atoms with Crippen molar-refractivity contribution in [2.75, 3.05) is 25.3 Å². The van der Waals surface area contributed by atoms with Crippen molar-refractivity contribution in [3.8, 4) is 11.5 Å². The van der Waals surface area contributed by atoms with E-state index in [-0.39, 0.29) is 23.7 Å². The van der Waals surface area contributed by atoms with E-state index in [4.69, 9.17) is 15.2 Å². The van der Waals surface area contributed by atoms with Crippen molar-refractivity contribution >= 4 is 17.7 Å². The Labute approximate surface area is 192 Å². The number of rotatable bonds is 4. The van der Waals surface area contributed by atoms with Crippen LogP contribution in [0, 0.1) is 13.8 Å². The fourth-order valence-corrected chi connectivity index (χ4v) is 4.81. The quantitative estimate of drug-likeness (QED) is 0.627. The van der Waals surface area contributed by atoms with Crippen LogP contribution < -0.4 is 20.5 Å². The third kappa shape index (κ3) is 3.51. The van der Waals surface area contributed by atoms with Crippen molar-refractivity contribution < 1.29 is 14.3 Å². The molecule has 1 aliphatic carbocycles. The summed E-state index contributed by atoms with van der Waals surface area (Å²) in [5, 5.41) is 7.75. The van der Waals surface area contributed by atoms with E-state index in [1.807, 2.05) is 18.2 Å². The number of ketones is 1. The molecule has 1 aliphatic heterocycles. The maximum Gasteiger partial charge on any atom is 0.241 e. The van der Waals surface area contributed by atoms with Crippen LogP contribution in [0.3, 0.4) is 0 Å². The molecule has 2 heterocycles. The normalized spacial score (nSPS) is 19.6. The summed E-state index contributed by atoms with van der Waals surface area (Å²) in [6.45, 7) is 4.15. The molecule has 0 radical (unpaired) electrons. The first-order valence-electron chi connectivity index (χ1n) is 10.9. The van der Waals surface area contributed by atoms with Gasteiger partial charge >= 0.3 is 0 Å². The Kier molecular flexibility index (Phi) is 5.08. The fraction of sp³-hybridized carbons (Fsp3) is 0.320. The molecule has 33 heavy (non-hydrogen) atoms. The fourth-order valence-electron chi connectivity index (χ4n) is 4.81. The number of Topliss-reactive ketones (excluding diaryl/α,β-unsaturated/α-hetero) is 1. The zero-order valence-corrected chi connectivity index (χ0v) is 19.2. The zero-order chi connectivity index (χ0) is 23.3. The topological polar surface area (TPSA) is 104 Å². The number of allylic oxidation sites excluding steroid dienone is 2. The first-order chi connectivity index (χ1) is 15.9. The summed E-state index contributed by atoms with van der Waals surface area (Å²) in [5.74, 6) is 2.14. The number of ether oxygens (including phenoxy) is 2. The van der Waals surface area contributed by atoms with Crippen LogP contribution in [0.1, 0.15) is 47.1 Å². The Morgan fingerprint density at radius 2 is 1.76 bits per heavy atom. The van der Waals surface area contributed by atoms with Crippen LogP contribution in [0.2, 0.25) is 0 Å². The number of nitrogens with one attached hydrogen (secondary N) is 1. The van der Waals surface area contributed by atoms with Crippen molar-refractivity contribution in [2.45, 2.75) is 38.6 Å². The number of nitrogens with two attached hydrogens (primary N) is 1. The number of benzene rings is 2. The molecule has 1 aromatic heterocycles. The van der Waals surface area contributed by atoms with E-state index in [1.54, 1.807) is 18.9 Å². The first kappa shape index (κ1) is 21.1. The van der Waals surface area contributed by atoms with Crippen LogP contribution in [0.4, 0.5) is 11.9 Å². The molecule has 170 valence electrons. The average Bonchev–Trinajstić information content (AvgIpc) is 3.18. The van der Waals surface area contributed by atoms with Gasteiger partial charge in [0.1, 0.15) is 6.04 Å². The van der Waals surface area contributed by atoms with Gasteiger partial charge in [0.05, 0.1) is 14.2 Å². The lowest BCUT2D eigenvalue weighted by Crippen LogP contribution is -2.33. The molecule has 3 N–H and O–H groups in total. The highest BCUT2D eigenvalue weighted by molar-refractivity contribution is 6.00. The van der Waals surface area contributed by atoms with Crippen molar-refractivity contribution in [1.82, 2.24) is 14.8 Å². The zero-order valence-electron chi connectivity index (χ0n) is 19.2. The van der Waals surface area contributed by atoms with E-state index in [2.05, 4.69) is 47.4 Å². The summed E-state index contributed by atoms with van der Waals surface area (Å²) in [5.41, 5.74) is 11.9. The van der Waals surface area contributed by atoms with Gasteiger partial charge in [-0.15, -0.1) is 5.10 Å². The molecule has 0 fully saturated rings. The van der Waals surface area contributed by atoms with E-state index < -0.39 is 0 Å². The third-order valence-corrected chi connectivity index (χ3v) is 6.66. The SMILES string of the molecule is COc1ccc([C@@H]2CC(=O)C3=C(C2)Nc2nc(N)nn2[C@H]3c2ccc(C)c(C)c2)cc1OC. The number of hydrogen-bond donors (Lipinski definition) is 2. The average molecular weight is 446 g/mol. The predicted molar refractivity (Wildman–Crippen MR) is 126 cm³/mol. The van der Waals surface area contributed by atoms with E-state index in [0.717, 1.165) is 28.0 Å². The van der Waals surface area contributed by atoms with Gasteiger partial charge in [-0.3, -0.25) is 4.79 Å². The lowest BCUT2D eigenvalue weighted by atomic mass is 9.77. The lowest BCUT2D eigenvalue weighted by Gasteiger charge is -2.35. The second-order valence-corrected chi connectivity index (χ2v) is 8.64. The molecule has 0 bridgehead atoms. The van der Waals surface area contributed by atoms with Gasteiger partial charge in [0.15, 0.2) is 17.3 Å². The van der Waals surface area contributed by atoms with Gasteiger partial charge in [0.25, 0.3) is 0 Å². The van der Waals surface area contributed by atoms with Crippen LogP contribution >= 0.6 is 0 Å². The standard InChI is InChI=1S/C25H27N5O3/c1-13-5-6-16(9-14(13)2)23-22-18(27-25-28-24(26)29-30(23)25)10-17(11-19(22)31)15-7-8-20(32-3)21(12-15)33-4/h5-9,12,17,23H,10-11H2,1-4H3,(H3,26,27,28,29)/t17-,23-/m0/s1. The summed E-state index contributed by atoms with van der Waals surface area (Å²) in [7, 11) is 3.22. The molecule has 0 spiro atoms. The van der Waals surface area contributed by atoms with Crippen LogP contribution in [0.25, 0.3) is 0 Å². The number of aromatic nitrogens is 3. The maximum atomic E-state index is 13.6.